The lowest BCUT2D eigenvalue weighted by atomic mass is 10.1. The highest BCUT2D eigenvalue weighted by molar-refractivity contribution is 7.99. The minimum absolute atomic E-state index is 0.256. The Morgan fingerprint density at radius 3 is 2.88 bits per heavy atom. The molecule has 0 aliphatic carbocycles. The van der Waals surface area contributed by atoms with Crippen molar-refractivity contribution in [1.29, 1.82) is 0 Å². The van der Waals surface area contributed by atoms with Crippen molar-refractivity contribution >= 4 is 11.8 Å². The number of hydrogen-bond donors (Lipinski definition) is 1. The molecule has 1 aromatic rings. The number of thioether (sulfide) groups is 1. The maximum absolute atomic E-state index is 13.3. The molecule has 0 saturated carbocycles. The molecule has 0 saturated heterocycles. The highest BCUT2D eigenvalue weighted by Crippen LogP contribution is 2.17. The van der Waals surface area contributed by atoms with Gasteiger partial charge in [-0.25, -0.2) is 4.39 Å². The Hall–Kier alpha value is -0.740. The summed E-state index contributed by atoms with van der Waals surface area (Å²) in [4.78, 5) is 0. The van der Waals surface area contributed by atoms with Crippen molar-refractivity contribution in [3.05, 3.63) is 29.6 Å². The number of ether oxygens (including phenoxy) is 1. The molecule has 0 aliphatic rings. The third-order valence-corrected chi connectivity index (χ3v) is 3.26. The highest BCUT2D eigenvalue weighted by Gasteiger charge is 2.01. The first-order chi connectivity index (χ1) is 8.26. The van der Waals surface area contributed by atoms with Gasteiger partial charge >= 0.3 is 0 Å². The SMILES string of the molecule is CCSCCCOc1cc(F)cc(CCN)c1. The molecule has 96 valence electrons. The Kier molecular flexibility index (Phi) is 7.05. The fourth-order valence-electron chi connectivity index (χ4n) is 1.51. The molecule has 1 rings (SSSR count). The number of rotatable bonds is 8. The highest BCUT2D eigenvalue weighted by atomic mass is 32.2. The van der Waals surface area contributed by atoms with E-state index in [-0.39, 0.29) is 5.82 Å². The molecule has 2 N–H and O–H groups in total. The number of benzene rings is 1. The second-order valence-corrected chi connectivity index (χ2v) is 5.13. The lowest BCUT2D eigenvalue weighted by Crippen LogP contribution is -2.04. The molecule has 0 atom stereocenters. The van der Waals surface area contributed by atoms with Crippen LogP contribution in [0.2, 0.25) is 0 Å². The zero-order valence-electron chi connectivity index (χ0n) is 10.2. The Morgan fingerprint density at radius 1 is 1.35 bits per heavy atom. The summed E-state index contributed by atoms with van der Waals surface area (Å²) >= 11 is 1.89. The molecule has 0 heterocycles. The van der Waals surface area contributed by atoms with E-state index in [1.165, 1.54) is 12.1 Å². The molecule has 0 radical (unpaired) electrons. The van der Waals surface area contributed by atoms with Crippen molar-refractivity contribution < 1.29 is 9.13 Å². The van der Waals surface area contributed by atoms with Gasteiger partial charge in [-0.1, -0.05) is 6.92 Å². The summed E-state index contributed by atoms with van der Waals surface area (Å²) in [7, 11) is 0. The number of nitrogens with two attached hydrogens (primary N) is 1. The van der Waals surface area contributed by atoms with Crippen LogP contribution in [0.15, 0.2) is 18.2 Å². The Balaban J connectivity index is 2.41. The van der Waals surface area contributed by atoms with Crippen molar-refractivity contribution in [2.24, 2.45) is 5.73 Å². The van der Waals surface area contributed by atoms with Gasteiger partial charge in [-0.2, -0.15) is 11.8 Å². The van der Waals surface area contributed by atoms with E-state index < -0.39 is 0 Å². The normalized spacial score (nSPS) is 10.5. The van der Waals surface area contributed by atoms with Gasteiger partial charge in [0, 0.05) is 6.07 Å². The van der Waals surface area contributed by atoms with Gasteiger partial charge < -0.3 is 10.5 Å². The van der Waals surface area contributed by atoms with Crippen LogP contribution in [0.5, 0.6) is 5.75 Å². The predicted octanol–water partition coefficient (Wildman–Crippen LogP) is 2.85. The first-order valence-electron chi connectivity index (χ1n) is 5.96. The molecule has 4 heteroatoms. The molecule has 17 heavy (non-hydrogen) atoms. The predicted molar refractivity (Wildman–Crippen MR) is 72.3 cm³/mol. The van der Waals surface area contributed by atoms with E-state index in [1.54, 1.807) is 0 Å². The second-order valence-electron chi connectivity index (χ2n) is 3.73. The van der Waals surface area contributed by atoms with Crippen molar-refractivity contribution in [2.75, 3.05) is 24.7 Å². The van der Waals surface area contributed by atoms with Gasteiger partial charge in [-0.3, -0.25) is 0 Å². The van der Waals surface area contributed by atoms with E-state index in [9.17, 15) is 4.39 Å². The van der Waals surface area contributed by atoms with E-state index >= 15 is 0 Å². The Morgan fingerprint density at radius 2 is 2.18 bits per heavy atom. The van der Waals surface area contributed by atoms with Gasteiger partial charge in [0.2, 0.25) is 0 Å². The van der Waals surface area contributed by atoms with Gasteiger partial charge in [-0.15, -0.1) is 0 Å². The van der Waals surface area contributed by atoms with Crippen LogP contribution in [0, 0.1) is 5.82 Å². The largest absolute Gasteiger partial charge is 0.493 e. The molecule has 0 unspecified atom stereocenters. The summed E-state index contributed by atoms with van der Waals surface area (Å²) < 4.78 is 18.8. The van der Waals surface area contributed by atoms with Crippen LogP contribution >= 0.6 is 11.8 Å². The summed E-state index contributed by atoms with van der Waals surface area (Å²) in [6.45, 7) is 3.30. The molecule has 0 spiro atoms. The van der Waals surface area contributed by atoms with Crippen LogP contribution in [0.1, 0.15) is 18.9 Å². The average molecular weight is 257 g/mol. The van der Waals surface area contributed by atoms with Crippen LogP contribution in [0.25, 0.3) is 0 Å². The smallest absolute Gasteiger partial charge is 0.127 e. The quantitative estimate of drug-likeness (QED) is 0.727. The molecule has 1 aromatic carbocycles. The summed E-state index contributed by atoms with van der Waals surface area (Å²) in [6, 6.07) is 4.79. The van der Waals surface area contributed by atoms with Crippen molar-refractivity contribution in [1.82, 2.24) is 0 Å². The molecule has 0 bridgehead atoms. The fraction of sp³-hybridized carbons (Fsp3) is 0.538. The fourth-order valence-corrected chi connectivity index (χ4v) is 2.12. The van der Waals surface area contributed by atoms with Gasteiger partial charge in [0.25, 0.3) is 0 Å². The second kappa shape index (κ2) is 8.37. The lowest BCUT2D eigenvalue weighted by Gasteiger charge is -2.08. The topological polar surface area (TPSA) is 35.2 Å². The third-order valence-electron chi connectivity index (χ3n) is 2.27. The van der Waals surface area contributed by atoms with Crippen molar-refractivity contribution in [3.8, 4) is 5.75 Å². The standard InChI is InChI=1S/C13H20FNOS/c1-2-17-7-3-6-16-13-9-11(4-5-15)8-12(14)10-13/h8-10H,2-7,15H2,1H3. The van der Waals surface area contributed by atoms with Gasteiger partial charge in [0.05, 0.1) is 6.61 Å². The summed E-state index contributed by atoms with van der Waals surface area (Å²) in [5, 5.41) is 0. The number of hydrogen-bond acceptors (Lipinski definition) is 3. The van der Waals surface area contributed by atoms with Crippen molar-refractivity contribution in [2.45, 2.75) is 19.8 Å². The summed E-state index contributed by atoms with van der Waals surface area (Å²) in [5.41, 5.74) is 6.34. The van der Waals surface area contributed by atoms with Gasteiger partial charge in [0.1, 0.15) is 11.6 Å². The average Bonchev–Trinajstić information content (AvgIpc) is 2.28. The Labute approximate surface area is 107 Å². The van der Waals surface area contributed by atoms with E-state index in [0.717, 1.165) is 23.5 Å². The molecule has 0 aliphatic heterocycles. The van der Waals surface area contributed by atoms with Gasteiger partial charge in [-0.05, 0) is 48.6 Å². The lowest BCUT2D eigenvalue weighted by molar-refractivity contribution is 0.316. The first-order valence-corrected chi connectivity index (χ1v) is 7.11. The summed E-state index contributed by atoms with van der Waals surface area (Å²) in [5.74, 6) is 2.56. The van der Waals surface area contributed by atoms with E-state index in [1.807, 2.05) is 17.8 Å². The zero-order valence-corrected chi connectivity index (χ0v) is 11.1. The molecular formula is C13H20FNOS. The van der Waals surface area contributed by atoms with E-state index in [2.05, 4.69) is 6.92 Å². The van der Waals surface area contributed by atoms with Crippen LogP contribution < -0.4 is 10.5 Å². The zero-order chi connectivity index (χ0) is 12.5. The maximum atomic E-state index is 13.3. The van der Waals surface area contributed by atoms with Crippen LogP contribution in [0.3, 0.4) is 0 Å². The third kappa shape index (κ3) is 5.94. The van der Waals surface area contributed by atoms with Crippen molar-refractivity contribution in [3.63, 3.8) is 0 Å². The minimum atomic E-state index is -0.256. The molecule has 2 nitrogen and oxygen atoms in total. The molecular weight excluding hydrogens is 237 g/mol. The summed E-state index contributed by atoms with van der Waals surface area (Å²) in [6.07, 6.45) is 1.67. The molecule has 0 amide bonds. The van der Waals surface area contributed by atoms with E-state index in [4.69, 9.17) is 10.5 Å². The maximum Gasteiger partial charge on any atom is 0.127 e. The van der Waals surface area contributed by atoms with Crippen LogP contribution in [-0.4, -0.2) is 24.7 Å². The Bertz CT molecular complexity index is 333. The first kappa shape index (κ1) is 14.3. The monoisotopic (exact) mass is 257 g/mol. The minimum Gasteiger partial charge on any atom is -0.493 e. The molecule has 0 aromatic heterocycles. The van der Waals surface area contributed by atoms with Gasteiger partial charge in [0.15, 0.2) is 0 Å². The number of halogens is 1. The van der Waals surface area contributed by atoms with Crippen LogP contribution in [-0.2, 0) is 6.42 Å². The van der Waals surface area contributed by atoms with Crippen LogP contribution in [0.4, 0.5) is 4.39 Å². The van der Waals surface area contributed by atoms with E-state index in [0.29, 0.717) is 25.3 Å². The molecule has 0 fully saturated rings.